The third kappa shape index (κ3) is 7.89. The number of sulfonamides is 1. The van der Waals surface area contributed by atoms with Gasteiger partial charge in [-0.25, -0.2) is 18.2 Å². The summed E-state index contributed by atoms with van der Waals surface area (Å²) in [6, 6.07) is 3.21. The van der Waals surface area contributed by atoms with Crippen LogP contribution in [0.25, 0.3) is 10.2 Å². The van der Waals surface area contributed by atoms with E-state index in [0.29, 0.717) is 47.8 Å². The summed E-state index contributed by atoms with van der Waals surface area (Å²) in [6.45, 7) is 6.78. The molecule has 1 aromatic carbocycles. The SMILES string of the molecule is CC(C)(C)OC(=O)N[C@H]1CCCCCC=C[C@@H]2C[C@@]2(C(=O)NS(=O)(=O)C2(C)CC2)NC(=O)[C@@H]2C[C@@H](Oc3nc4ccc(Cl)cc4s3)CN2C1=O. The van der Waals surface area contributed by atoms with Gasteiger partial charge in [-0.15, -0.1) is 0 Å². The Labute approximate surface area is 300 Å². The number of carbonyl (C=O) groups excluding carboxylic acids is 4. The van der Waals surface area contributed by atoms with Crippen LogP contribution in [0.4, 0.5) is 4.79 Å². The number of amides is 4. The molecule has 1 saturated heterocycles. The second-order valence-corrected chi connectivity index (χ2v) is 18.6. The van der Waals surface area contributed by atoms with Crippen molar-refractivity contribution in [3.8, 4) is 5.19 Å². The summed E-state index contributed by atoms with van der Waals surface area (Å²) in [7, 11) is -3.97. The molecule has 2 saturated carbocycles. The van der Waals surface area contributed by atoms with Crippen LogP contribution in [0.15, 0.2) is 30.4 Å². The number of thiazole rings is 1. The fourth-order valence-corrected chi connectivity index (χ4v) is 8.94. The van der Waals surface area contributed by atoms with E-state index in [1.54, 1.807) is 45.9 Å². The van der Waals surface area contributed by atoms with E-state index in [9.17, 15) is 27.6 Å². The van der Waals surface area contributed by atoms with Crippen LogP contribution in [0.2, 0.25) is 5.02 Å². The van der Waals surface area contributed by atoms with Gasteiger partial charge in [-0.3, -0.25) is 19.1 Å². The van der Waals surface area contributed by atoms with Crippen molar-refractivity contribution in [2.75, 3.05) is 6.54 Å². The zero-order valence-electron chi connectivity index (χ0n) is 28.6. The molecule has 0 spiro atoms. The number of benzene rings is 1. The van der Waals surface area contributed by atoms with Crippen molar-refractivity contribution in [1.29, 1.82) is 0 Å². The summed E-state index contributed by atoms with van der Waals surface area (Å²) >= 11 is 7.45. The van der Waals surface area contributed by atoms with E-state index >= 15 is 0 Å². The Kier molecular flexibility index (Phi) is 9.89. The van der Waals surface area contributed by atoms with Crippen molar-refractivity contribution in [3.63, 3.8) is 0 Å². The van der Waals surface area contributed by atoms with Crippen LogP contribution >= 0.6 is 22.9 Å². The van der Waals surface area contributed by atoms with Gasteiger partial charge in [0.25, 0.3) is 11.1 Å². The van der Waals surface area contributed by atoms with Crippen molar-refractivity contribution >= 4 is 67.0 Å². The zero-order chi connectivity index (χ0) is 36.1. The molecule has 2 aromatic rings. The number of hydrogen-bond donors (Lipinski definition) is 3. The number of fused-ring (bicyclic) bond motifs is 3. The predicted molar refractivity (Wildman–Crippen MR) is 188 cm³/mol. The third-order valence-electron chi connectivity index (χ3n) is 9.76. The highest BCUT2D eigenvalue weighted by Crippen LogP contribution is 2.47. The topological polar surface area (TPSA) is 173 Å². The van der Waals surface area contributed by atoms with Crippen molar-refractivity contribution in [1.82, 2.24) is 25.2 Å². The number of aromatic nitrogens is 1. The summed E-state index contributed by atoms with van der Waals surface area (Å²) < 4.78 is 39.9. The Hall–Kier alpha value is -3.43. The molecule has 272 valence electrons. The van der Waals surface area contributed by atoms with Gasteiger partial charge in [-0.05, 0) is 84.4 Å². The van der Waals surface area contributed by atoms with Crippen LogP contribution in [-0.2, 0) is 29.1 Å². The first-order valence-corrected chi connectivity index (χ1v) is 19.7. The van der Waals surface area contributed by atoms with Crippen LogP contribution < -0.4 is 20.1 Å². The number of halogens is 1. The van der Waals surface area contributed by atoms with Crippen LogP contribution in [-0.4, -0.2) is 82.7 Å². The lowest BCUT2D eigenvalue weighted by Crippen LogP contribution is -2.58. The number of allylic oxidation sites excluding steroid dienone is 1. The van der Waals surface area contributed by atoms with Crippen molar-refractivity contribution in [2.24, 2.45) is 5.92 Å². The standard InChI is InChI=1S/C34H44ClN5O8S2/c1-32(2,3)48-30(44)36-24-11-9-7-5-6-8-10-20-18-34(20,29(43)39-50(45,46)33(4)14-15-33)38-27(41)25-17-22(19-40(25)28(24)42)47-31-37-23-13-12-21(35)16-26(23)49-31/h8,10,12-13,16,20,22,24-25H,5-7,9,11,14-15,17-19H2,1-4H3,(H,36,44)(H,38,41)(H,39,43)/t20-,22-,24+,25+,34-/m1/s1. The van der Waals surface area contributed by atoms with Gasteiger partial charge in [0.1, 0.15) is 29.3 Å². The zero-order valence-corrected chi connectivity index (χ0v) is 31.0. The van der Waals surface area contributed by atoms with Gasteiger partial charge in [0.15, 0.2) is 0 Å². The first-order chi connectivity index (χ1) is 23.5. The summed E-state index contributed by atoms with van der Waals surface area (Å²) in [5, 5.41) is 6.49. The number of nitrogens with one attached hydrogen (secondary N) is 3. The normalized spacial score (nSPS) is 28.4. The lowest BCUT2D eigenvalue weighted by molar-refractivity contribution is -0.141. The van der Waals surface area contributed by atoms with Crippen LogP contribution in [0, 0.1) is 5.92 Å². The molecule has 0 bridgehead atoms. The molecule has 13 nitrogen and oxygen atoms in total. The molecular formula is C34H44ClN5O8S2. The molecular weight excluding hydrogens is 706 g/mol. The molecule has 0 unspecified atom stereocenters. The van der Waals surface area contributed by atoms with Crippen molar-refractivity contribution < 1.29 is 37.1 Å². The molecule has 3 heterocycles. The largest absolute Gasteiger partial charge is 0.465 e. The van der Waals surface area contributed by atoms with E-state index in [1.165, 1.54) is 16.2 Å². The monoisotopic (exact) mass is 749 g/mol. The third-order valence-corrected chi connectivity index (χ3v) is 13.1. The Bertz CT molecular complexity index is 1820. The minimum atomic E-state index is -3.97. The quantitative estimate of drug-likeness (QED) is 0.357. The molecule has 0 radical (unpaired) electrons. The number of nitrogens with zero attached hydrogens (tertiary/aromatic N) is 2. The lowest BCUT2D eigenvalue weighted by atomic mass is 10.0. The Morgan fingerprint density at radius 1 is 1.16 bits per heavy atom. The number of alkyl carbamates (subject to hydrolysis) is 1. The second-order valence-electron chi connectivity index (χ2n) is 15.0. The summed E-state index contributed by atoms with van der Waals surface area (Å²) in [6.07, 6.45) is 6.79. The average Bonchev–Trinajstić information content (AvgIpc) is 3.83. The maximum Gasteiger partial charge on any atom is 0.408 e. The first-order valence-electron chi connectivity index (χ1n) is 17.1. The Morgan fingerprint density at radius 2 is 1.92 bits per heavy atom. The van der Waals surface area contributed by atoms with E-state index in [2.05, 4.69) is 20.3 Å². The van der Waals surface area contributed by atoms with Gasteiger partial charge in [-0.2, -0.15) is 0 Å². The van der Waals surface area contributed by atoms with Gasteiger partial charge < -0.3 is 25.0 Å². The van der Waals surface area contributed by atoms with Crippen LogP contribution in [0.1, 0.15) is 85.5 Å². The van der Waals surface area contributed by atoms with E-state index < -0.39 is 73.8 Å². The average molecular weight is 750 g/mol. The van der Waals surface area contributed by atoms with Crippen molar-refractivity contribution in [2.45, 2.75) is 120 Å². The maximum atomic E-state index is 14.3. The smallest absolute Gasteiger partial charge is 0.408 e. The summed E-state index contributed by atoms with van der Waals surface area (Å²) in [5.74, 6) is -2.32. The van der Waals surface area contributed by atoms with E-state index in [4.69, 9.17) is 21.1 Å². The van der Waals surface area contributed by atoms with Gasteiger partial charge in [0, 0.05) is 17.4 Å². The molecule has 16 heteroatoms. The van der Waals surface area contributed by atoms with Gasteiger partial charge in [0.05, 0.1) is 21.5 Å². The number of ether oxygens (including phenoxy) is 2. The van der Waals surface area contributed by atoms with Gasteiger partial charge >= 0.3 is 6.09 Å². The molecule has 6 rings (SSSR count). The van der Waals surface area contributed by atoms with E-state index in [0.717, 1.165) is 17.5 Å². The molecule has 1 aromatic heterocycles. The number of hydrogen-bond acceptors (Lipinski definition) is 10. The molecule has 3 N–H and O–H groups in total. The number of carbonyl (C=O) groups is 4. The molecule has 4 aliphatic rings. The summed E-state index contributed by atoms with van der Waals surface area (Å²) in [5.41, 5.74) is -1.61. The Morgan fingerprint density at radius 3 is 2.64 bits per heavy atom. The highest BCUT2D eigenvalue weighted by atomic mass is 35.5. The minimum Gasteiger partial charge on any atom is -0.465 e. The Balaban J connectivity index is 1.29. The first kappa shape index (κ1) is 36.4. The number of rotatable bonds is 6. The van der Waals surface area contributed by atoms with Gasteiger partial charge in [0.2, 0.25) is 21.8 Å². The van der Waals surface area contributed by atoms with Crippen LogP contribution in [0.5, 0.6) is 5.19 Å². The van der Waals surface area contributed by atoms with Crippen LogP contribution in [0.3, 0.4) is 0 Å². The second kappa shape index (κ2) is 13.6. The van der Waals surface area contributed by atoms with E-state index in [-0.39, 0.29) is 19.4 Å². The highest BCUT2D eigenvalue weighted by molar-refractivity contribution is 7.91. The lowest BCUT2D eigenvalue weighted by Gasteiger charge is -2.30. The molecule has 5 atom stereocenters. The fraction of sp³-hybridized carbons (Fsp3) is 0.618. The molecule has 3 fully saturated rings. The van der Waals surface area contributed by atoms with Crippen molar-refractivity contribution in [3.05, 3.63) is 35.4 Å². The maximum absolute atomic E-state index is 14.3. The fourth-order valence-electron chi connectivity index (χ4n) is 6.47. The summed E-state index contributed by atoms with van der Waals surface area (Å²) in [4.78, 5) is 61.1. The predicted octanol–water partition coefficient (Wildman–Crippen LogP) is 4.59. The minimum absolute atomic E-state index is 0.00929. The van der Waals surface area contributed by atoms with E-state index in [1.807, 2.05) is 12.2 Å². The van der Waals surface area contributed by atoms with Gasteiger partial charge in [-0.1, -0.05) is 47.9 Å². The molecule has 50 heavy (non-hydrogen) atoms. The molecule has 2 aliphatic carbocycles. The molecule has 2 aliphatic heterocycles. The molecule has 4 amide bonds. The highest BCUT2D eigenvalue weighted by Gasteiger charge is 2.63.